The third-order valence-electron chi connectivity index (χ3n) is 4.29. The number of carbonyl (C=O) groups excluding carboxylic acids is 1. The van der Waals surface area contributed by atoms with E-state index in [1.54, 1.807) is 23.1 Å². The van der Waals surface area contributed by atoms with Crippen molar-refractivity contribution in [3.8, 4) is 0 Å². The van der Waals surface area contributed by atoms with E-state index in [0.717, 1.165) is 0 Å². The number of nitrogens with one attached hydrogen (secondary N) is 1. The van der Waals surface area contributed by atoms with E-state index in [4.69, 9.17) is 27.9 Å². The molecule has 0 bridgehead atoms. The quantitative estimate of drug-likeness (QED) is 0.774. The number of rotatable bonds is 4. The Bertz CT molecular complexity index is 987. The topological polar surface area (TPSA) is 75.7 Å². The van der Waals surface area contributed by atoms with Gasteiger partial charge in [-0.2, -0.15) is 0 Å². The lowest BCUT2D eigenvalue weighted by molar-refractivity contribution is -0.0585. The zero-order valence-corrected chi connectivity index (χ0v) is 17.7. The first-order chi connectivity index (χ1) is 13.2. The van der Waals surface area contributed by atoms with E-state index in [-0.39, 0.29) is 44.3 Å². The van der Waals surface area contributed by atoms with Gasteiger partial charge in [0.1, 0.15) is 4.90 Å². The van der Waals surface area contributed by atoms with Crippen LogP contribution < -0.4 is 4.72 Å². The Morgan fingerprint density at radius 1 is 1.11 bits per heavy atom. The molecule has 9 heteroatoms. The fraction of sp³-hybridized carbons (Fsp3) is 0.316. The van der Waals surface area contributed by atoms with Crippen LogP contribution in [-0.2, 0) is 14.8 Å². The molecule has 6 nitrogen and oxygen atoms in total. The largest absolute Gasteiger partial charge is 0.372 e. The molecule has 1 N–H and O–H groups in total. The SMILES string of the molecule is CC1CN(C(=O)c2ccccc2NS(=O)(=O)c2cc(Cl)ccc2Cl)CC(C)O1. The van der Waals surface area contributed by atoms with Gasteiger partial charge in [0, 0.05) is 18.1 Å². The van der Waals surface area contributed by atoms with Gasteiger partial charge in [0.2, 0.25) is 0 Å². The smallest absolute Gasteiger partial charge is 0.263 e. The molecule has 28 heavy (non-hydrogen) atoms. The van der Waals surface area contributed by atoms with Crippen LogP contribution in [0.15, 0.2) is 47.4 Å². The molecule has 1 saturated heterocycles. The number of para-hydroxylation sites is 1. The molecule has 2 unspecified atom stereocenters. The fourth-order valence-corrected chi connectivity index (χ4v) is 5.00. The van der Waals surface area contributed by atoms with Crippen molar-refractivity contribution in [2.24, 2.45) is 0 Å². The molecule has 1 heterocycles. The molecule has 0 aromatic heterocycles. The zero-order chi connectivity index (χ0) is 20.5. The van der Waals surface area contributed by atoms with Crippen molar-refractivity contribution in [2.75, 3.05) is 17.8 Å². The Kier molecular flexibility index (Phi) is 6.19. The number of halogens is 2. The highest BCUT2D eigenvalue weighted by molar-refractivity contribution is 7.92. The Hall–Kier alpha value is -1.80. The standard InChI is InChI=1S/C19H20Cl2N2O4S/c1-12-10-23(11-13(2)27-12)19(24)15-5-3-4-6-17(15)22-28(25,26)18-9-14(20)7-8-16(18)21/h3-9,12-13,22H,10-11H2,1-2H3. The van der Waals surface area contributed by atoms with Gasteiger partial charge in [0.05, 0.1) is 28.5 Å². The van der Waals surface area contributed by atoms with Crippen molar-refractivity contribution in [3.05, 3.63) is 58.1 Å². The Morgan fingerprint density at radius 3 is 2.43 bits per heavy atom. The second kappa shape index (κ2) is 8.29. The van der Waals surface area contributed by atoms with E-state index in [0.29, 0.717) is 13.1 Å². The van der Waals surface area contributed by atoms with Gasteiger partial charge in [-0.1, -0.05) is 35.3 Å². The van der Waals surface area contributed by atoms with E-state index >= 15 is 0 Å². The molecule has 1 aliphatic heterocycles. The number of nitrogens with zero attached hydrogens (tertiary/aromatic N) is 1. The summed E-state index contributed by atoms with van der Waals surface area (Å²) in [5, 5.41) is 0.280. The van der Waals surface area contributed by atoms with Gasteiger partial charge in [0.15, 0.2) is 0 Å². The third-order valence-corrected chi connectivity index (χ3v) is 6.37. The molecule has 150 valence electrons. The van der Waals surface area contributed by atoms with Crippen molar-refractivity contribution >= 4 is 44.8 Å². The van der Waals surface area contributed by atoms with E-state index in [1.807, 2.05) is 13.8 Å². The van der Waals surface area contributed by atoms with Gasteiger partial charge >= 0.3 is 0 Å². The summed E-state index contributed by atoms with van der Waals surface area (Å²) in [5.74, 6) is -0.266. The minimum atomic E-state index is -4.04. The van der Waals surface area contributed by atoms with Gasteiger partial charge in [-0.15, -0.1) is 0 Å². The van der Waals surface area contributed by atoms with Crippen LogP contribution in [0.5, 0.6) is 0 Å². The van der Waals surface area contributed by atoms with E-state index in [1.165, 1.54) is 24.3 Å². The lowest BCUT2D eigenvalue weighted by Crippen LogP contribution is -2.48. The van der Waals surface area contributed by atoms with Gasteiger partial charge in [-0.05, 0) is 44.2 Å². The number of carbonyl (C=O) groups is 1. The van der Waals surface area contributed by atoms with Crippen molar-refractivity contribution in [1.82, 2.24) is 4.90 Å². The average molecular weight is 443 g/mol. The highest BCUT2D eigenvalue weighted by Crippen LogP contribution is 2.28. The summed E-state index contributed by atoms with van der Waals surface area (Å²) < 4.78 is 33.8. The lowest BCUT2D eigenvalue weighted by atomic mass is 10.1. The summed E-state index contributed by atoms with van der Waals surface area (Å²) in [6, 6.07) is 10.6. The molecule has 2 aromatic carbocycles. The van der Waals surface area contributed by atoms with Gasteiger partial charge in [0.25, 0.3) is 15.9 Å². The number of hydrogen-bond acceptors (Lipinski definition) is 4. The van der Waals surface area contributed by atoms with Crippen LogP contribution >= 0.6 is 23.2 Å². The molecule has 0 radical (unpaired) electrons. The summed E-state index contributed by atoms with van der Waals surface area (Å²) in [6.07, 6.45) is -0.191. The first-order valence-electron chi connectivity index (χ1n) is 8.69. The van der Waals surface area contributed by atoms with Crippen LogP contribution in [0, 0.1) is 0 Å². The second-order valence-corrected chi connectivity index (χ2v) is 9.19. The average Bonchev–Trinajstić information content (AvgIpc) is 2.62. The predicted octanol–water partition coefficient (Wildman–Crippen LogP) is 4.04. The fourth-order valence-electron chi connectivity index (χ4n) is 3.16. The first kappa shape index (κ1) is 20.9. The third kappa shape index (κ3) is 4.60. The second-order valence-electron chi connectivity index (χ2n) is 6.69. The molecule has 2 aromatic rings. The van der Waals surface area contributed by atoms with Gasteiger partial charge < -0.3 is 9.64 Å². The first-order valence-corrected chi connectivity index (χ1v) is 10.9. The van der Waals surface area contributed by atoms with Crippen LogP contribution in [0.25, 0.3) is 0 Å². The number of sulfonamides is 1. The number of hydrogen-bond donors (Lipinski definition) is 1. The molecular formula is C19H20Cl2N2O4S. The van der Waals surface area contributed by atoms with E-state index in [2.05, 4.69) is 4.72 Å². The van der Waals surface area contributed by atoms with Crippen LogP contribution in [0.4, 0.5) is 5.69 Å². The maximum atomic E-state index is 13.0. The Balaban J connectivity index is 1.92. The van der Waals surface area contributed by atoms with E-state index < -0.39 is 10.0 Å². The summed E-state index contributed by atoms with van der Waals surface area (Å²) in [6.45, 7) is 4.66. The molecule has 2 atom stereocenters. The van der Waals surface area contributed by atoms with Crippen LogP contribution in [0.2, 0.25) is 10.0 Å². The van der Waals surface area contributed by atoms with Crippen LogP contribution in [0.1, 0.15) is 24.2 Å². The summed E-state index contributed by atoms with van der Waals surface area (Å²) in [7, 11) is -4.04. The molecule has 1 aliphatic rings. The highest BCUT2D eigenvalue weighted by atomic mass is 35.5. The normalized spacial score (nSPS) is 20.1. The molecule has 0 aliphatic carbocycles. The maximum absolute atomic E-state index is 13.0. The summed E-state index contributed by atoms with van der Waals surface area (Å²) >= 11 is 11.9. The van der Waals surface area contributed by atoms with Crippen molar-refractivity contribution in [3.63, 3.8) is 0 Å². The van der Waals surface area contributed by atoms with Crippen molar-refractivity contribution in [2.45, 2.75) is 31.0 Å². The molecule has 0 spiro atoms. The Labute approximate surface area is 174 Å². The summed E-state index contributed by atoms with van der Waals surface area (Å²) in [4.78, 5) is 14.6. The highest BCUT2D eigenvalue weighted by Gasteiger charge is 2.29. The van der Waals surface area contributed by atoms with Crippen molar-refractivity contribution in [1.29, 1.82) is 0 Å². The number of anilines is 1. The molecule has 0 saturated carbocycles. The lowest BCUT2D eigenvalue weighted by Gasteiger charge is -2.35. The summed E-state index contributed by atoms with van der Waals surface area (Å²) in [5.41, 5.74) is 0.431. The molecule has 1 amide bonds. The minimum absolute atomic E-state index is 0.0385. The maximum Gasteiger partial charge on any atom is 0.263 e. The number of morpholine rings is 1. The zero-order valence-electron chi connectivity index (χ0n) is 15.4. The Morgan fingerprint density at radius 2 is 1.75 bits per heavy atom. The number of ether oxygens (including phenoxy) is 1. The van der Waals surface area contributed by atoms with Gasteiger partial charge in [-0.3, -0.25) is 9.52 Å². The van der Waals surface area contributed by atoms with Crippen molar-refractivity contribution < 1.29 is 17.9 Å². The number of benzene rings is 2. The van der Waals surface area contributed by atoms with E-state index in [9.17, 15) is 13.2 Å². The minimum Gasteiger partial charge on any atom is -0.372 e. The van der Waals surface area contributed by atoms with Gasteiger partial charge in [-0.25, -0.2) is 8.42 Å². The molecular weight excluding hydrogens is 423 g/mol. The predicted molar refractivity (Wildman–Crippen MR) is 110 cm³/mol. The molecule has 3 rings (SSSR count). The number of amides is 1. The van der Waals surface area contributed by atoms with Crippen LogP contribution in [-0.4, -0.2) is 44.5 Å². The monoisotopic (exact) mass is 442 g/mol. The van der Waals surface area contributed by atoms with Crippen LogP contribution in [0.3, 0.4) is 0 Å². The molecule has 1 fully saturated rings.